The van der Waals surface area contributed by atoms with Crippen LogP contribution >= 0.6 is 0 Å². The van der Waals surface area contributed by atoms with Crippen LogP contribution in [0, 0.1) is 0 Å². The number of imidazole rings is 1. The highest BCUT2D eigenvalue weighted by atomic mass is 16.2. The number of benzene rings is 2. The highest BCUT2D eigenvalue weighted by Gasteiger charge is 2.19. The molecular formula is C30H31N7O2. The third-order valence-corrected chi connectivity index (χ3v) is 6.95. The van der Waals surface area contributed by atoms with E-state index in [1.54, 1.807) is 23.8 Å². The summed E-state index contributed by atoms with van der Waals surface area (Å²) >= 11 is 0. The third-order valence-electron chi connectivity index (χ3n) is 6.95. The summed E-state index contributed by atoms with van der Waals surface area (Å²) in [6, 6.07) is 17.5. The summed E-state index contributed by atoms with van der Waals surface area (Å²) in [4.78, 5) is 30.9. The Labute approximate surface area is 226 Å². The molecule has 5 rings (SSSR count). The van der Waals surface area contributed by atoms with E-state index in [9.17, 15) is 9.59 Å². The smallest absolute Gasteiger partial charge is 0.294 e. The molecule has 39 heavy (non-hydrogen) atoms. The van der Waals surface area contributed by atoms with Gasteiger partial charge in [-0.1, -0.05) is 56.7 Å². The van der Waals surface area contributed by atoms with E-state index in [2.05, 4.69) is 32.5 Å². The summed E-state index contributed by atoms with van der Waals surface area (Å²) in [6.07, 6.45) is 7.14. The Balaban J connectivity index is 1.53. The van der Waals surface area contributed by atoms with Crippen molar-refractivity contribution in [2.45, 2.75) is 53.0 Å². The third kappa shape index (κ3) is 5.20. The van der Waals surface area contributed by atoms with Gasteiger partial charge in [0.05, 0.1) is 17.9 Å². The number of ketones is 1. The fraction of sp³-hybridized carbons (Fsp3) is 0.267. The molecular weight excluding hydrogens is 490 g/mol. The lowest BCUT2D eigenvalue weighted by Crippen LogP contribution is -2.26. The van der Waals surface area contributed by atoms with Crippen molar-refractivity contribution in [3.63, 3.8) is 0 Å². The number of hydrogen-bond acceptors (Lipinski definition) is 6. The fourth-order valence-electron chi connectivity index (χ4n) is 4.91. The molecule has 0 aliphatic rings. The maximum atomic E-state index is 13.8. The molecule has 9 nitrogen and oxygen atoms in total. The minimum Gasteiger partial charge on any atom is -0.294 e. The SMILES string of the molecule is CCCCc1cn(-c2c(CC)cccc2C(C)=O)c(=O)n1Cc1ccc(-c2ncccc2-c2nnn[nH]2)cc1. The van der Waals surface area contributed by atoms with Crippen molar-refractivity contribution < 1.29 is 4.79 Å². The van der Waals surface area contributed by atoms with Crippen molar-refractivity contribution in [1.29, 1.82) is 0 Å². The lowest BCUT2D eigenvalue weighted by Gasteiger charge is -2.12. The van der Waals surface area contributed by atoms with Crippen molar-refractivity contribution in [1.82, 2.24) is 34.7 Å². The van der Waals surface area contributed by atoms with Crippen LogP contribution in [-0.4, -0.2) is 40.5 Å². The molecule has 0 aliphatic carbocycles. The minimum atomic E-state index is -0.140. The van der Waals surface area contributed by atoms with Gasteiger partial charge in [-0.25, -0.2) is 9.89 Å². The molecule has 0 fully saturated rings. The maximum absolute atomic E-state index is 13.8. The number of rotatable bonds is 10. The Morgan fingerprint density at radius 3 is 2.54 bits per heavy atom. The van der Waals surface area contributed by atoms with Crippen LogP contribution in [0.5, 0.6) is 0 Å². The summed E-state index contributed by atoms with van der Waals surface area (Å²) in [5.41, 5.74) is 6.53. The predicted octanol–water partition coefficient (Wildman–Crippen LogP) is 5.04. The molecule has 9 heteroatoms. The first kappa shape index (κ1) is 26.0. The van der Waals surface area contributed by atoms with Crippen LogP contribution in [0.15, 0.2) is 71.8 Å². The van der Waals surface area contributed by atoms with Gasteiger partial charge in [0.25, 0.3) is 0 Å². The molecule has 3 aromatic heterocycles. The highest BCUT2D eigenvalue weighted by molar-refractivity contribution is 5.98. The highest BCUT2D eigenvalue weighted by Crippen LogP contribution is 2.28. The van der Waals surface area contributed by atoms with Crippen LogP contribution in [0.3, 0.4) is 0 Å². The van der Waals surface area contributed by atoms with Gasteiger partial charge in [0.2, 0.25) is 0 Å². The van der Waals surface area contributed by atoms with E-state index in [0.717, 1.165) is 59.3 Å². The zero-order valence-electron chi connectivity index (χ0n) is 22.4. The molecule has 0 saturated heterocycles. The topological polar surface area (TPSA) is 111 Å². The van der Waals surface area contributed by atoms with E-state index in [1.165, 1.54) is 0 Å². The van der Waals surface area contributed by atoms with Gasteiger partial charge in [-0.15, -0.1) is 5.10 Å². The van der Waals surface area contributed by atoms with Gasteiger partial charge in [0.1, 0.15) is 0 Å². The molecule has 5 aromatic rings. The second-order valence-electron chi connectivity index (χ2n) is 9.53. The second-order valence-corrected chi connectivity index (χ2v) is 9.53. The average molecular weight is 522 g/mol. The predicted molar refractivity (Wildman–Crippen MR) is 150 cm³/mol. The molecule has 0 atom stereocenters. The standard InChI is InChI=1S/C30H31N7O2/c1-4-6-10-24-19-37(28-22(5-2)9-7-11-25(28)20(3)38)30(39)36(24)18-21-13-15-23(16-14-21)27-26(12-8-17-31-27)29-32-34-35-33-29/h7-9,11-17,19H,4-6,10,18H2,1-3H3,(H,32,33,34,35). The van der Waals surface area contributed by atoms with Gasteiger partial charge in [0, 0.05) is 34.8 Å². The summed E-state index contributed by atoms with van der Waals surface area (Å²) in [5.74, 6) is 0.494. The Hall–Kier alpha value is -4.66. The van der Waals surface area contributed by atoms with E-state index in [4.69, 9.17) is 0 Å². The number of aromatic amines is 1. The first-order valence-electron chi connectivity index (χ1n) is 13.2. The van der Waals surface area contributed by atoms with Crippen molar-refractivity contribution in [2.75, 3.05) is 0 Å². The van der Waals surface area contributed by atoms with Crippen molar-refractivity contribution >= 4 is 5.78 Å². The van der Waals surface area contributed by atoms with Gasteiger partial charge in [0.15, 0.2) is 11.6 Å². The number of tetrazole rings is 1. The number of para-hydroxylation sites is 1. The van der Waals surface area contributed by atoms with Gasteiger partial charge < -0.3 is 0 Å². The minimum absolute atomic E-state index is 0.0550. The normalized spacial score (nSPS) is 11.2. The van der Waals surface area contributed by atoms with Gasteiger partial charge in [-0.3, -0.25) is 18.9 Å². The van der Waals surface area contributed by atoms with E-state index < -0.39 is 0 Å². The number of nitrogens with zero attached hydrogens (tertiary/aromatic N) is 6. The molecule has 2 aromatic carbocycles. The van der Waals surface area contributed by atoms with Crippen LogP contribution < -0.4 is 5.69 Å². The molecule has 0 aliphatic heterocycles. The molecule has 0 saturated carbocycles. The molecule has 0 amide bonds. The Kier molecular flexibility index (Phi) is 7.58. The lowest BCUT2D eigenvalue weighted by atomic mass is 10.0. The van der Waals surface area contributed by atoms with E-state index in [-0.39, 0.29) is 11.5 Å². The number of hydrogen-bond donors (Lipinski definition) is 1. The van der Waals surface area contributed by atoms with Crippen LogP contribution in [0.25, 0.3) is 28.3 Å². The first-order chi connectivity index (χ1) is 19.0. The number of Topliss-reactive ketones (excluding diaryl/α,β-unsaturated/α-hetero) is 1. The first-order valence-corrected chi connectivity index (χ1v) is 13.2. The summed E-state index contributed by atoms with van der Waals surface area (Å²) in [5, 5.41) is 14.2. The number of aryl methyl sites for hydroxylation is 2. The Bertz CT molecular complexity index is 1650. The van der Waals surface area contributed by atoms with Crippen LogP contribution in [0.4, 0.5) is 0 Å². The molecule has 0 unspecified atom stereocenters. The number of unbranched alkanes of at least 4 members (excludes halogenated alkanes) is 1. The summed E-state index contributed by atoms with van der Waals surface area (Å²) < 4.78 is 3.49. The number of aromatic nitrogens is 7. The monoisotopic (exact) mass is 521 g/mol. The van der Waals surface area contributed by atoms with Crippen LogP contribution in [0.1, 0.15) is 60.8 Å². The largest absolute Gasteiger partial charge is 0.333 e. The number of carbonyl (C=O) groups excluding carboxylic acids is 1. The van der Waals surface area contributed by atoms with E-state index in [1.807, 2.05) is 66.2 Å². The van der Waals surface area contributed by atoms with Crippen LogP contribution in [0.2, 0.25) is 0 Å². The van der Waals surface area contributed by atoms with Gasteiger partial charge in [-0.2, -0.15) is 0 Å². The number of carbonyl (C=O) groups is 1. The molecule has 1 N–H and O–H groups in total. The quantitative estimate of drug-likeness (QED) is 0.258. The van der Waals surface area contributed by atoms with Gasteiger partial charge >= 0.3 is 5.69 Å². The number of H-pyrrole nitrogens is 1. The number of nitrogens with one attached hydrogen (secondary N) is 1. The zero-order chi connectivity index (χ0) is 27.4. The van der Waals surface area contributed by atoms with Crippen LogP contribution in [-0.2, 0) is 19.4 Å². The maximum Gasteiger partial charge on any atom is 0.333 e. The fourth-order valence-corrected chi connectivity index (χ4v) is 4.91. The second kappa shape index (κ2) is 11.4. The Morgan fingerprint density at radius 2 is 1.85 bits per heavy atom. The van der Waals surface area contributed by atoms with Gasteiger partial charge in [-0.05, 0) is 65.9 Å². The van der Waals surface area contributed by atoms with Crippen molar-refractivity contribution in [2.24, 2.45) is 0 Å². The molecule has 198 valence electrons. The molecule has 0 spiro atoms. The molecule has 0 radical (unpaired) electrons. The summed E-state index contributed by atoms with van der Waals surface area (Å²) in [6.45, 7) is 6.15. The van der Waals surface area contributed by atoms with E-state index in [0.29, 0.717) is 23.6 Å². The lowest BCUT2D eigenvalue weighted by molar-refractivity contribution is 0.101. The molecule has 0 bridgehead atoms. The number of pyridine rings is 1. The average Bonchev–Trinajstić information content (AvgIpc) is 3.61. The van der Waals surface area contributed by atoms with E-state index >= 15 is 0 Å². The Morgan fingerprint density at radius 1 is 1.03 bits per heavy atom. The summed E-state index contributed by atoms with van der Waals surface area (Å²) in [7, 11) is 0. The zero-order valence-corrected chi connectivity index (χ0v) is 22.4. The van der Waals surface area contributed by atoms with Crippen molar-refractivity contribution in [3.05, 3.63) is 99.9 Å². The van der Waals surface area contributed by atoms with Crippen molar-refractivity contribution in [3.8, 4) is 28.3 Å². The molecule has 3 heterocycles.